The van der Waals surface area contributed by atoms with Crippen LogP contribution in [0.5, 0.6) is 5.75 Å². The van der Waals surface area contributed by atoms with Crippen molar-refractivity contribution in [3.63, 3.8) is 0 Å². The minimum absolute atomic E-state index is 0.235. The summed E-state index contributed by atoms with van der Waals surface area (Å²) in [6.45, 7) is 7.48. The van der Waals surface area contributed by atoms with Crippen molar-refractivity contribution in [2.75, 3.05) is 6.79 Å². The molecule has 4 rings (SSSR count). The van der Waals surface area contributed by atoms with E-state index in [2.05, 4.69) is 42.5 Å². The lowest BCUT2D eigenvalue weighted by atomic mass is 10.1. The maximum absolute atomic E-state index is 6.49. The maximum atomic E-state index is 6.49. The third-order valence-corrected chi connectivity index (χ3v) is 5.12. The lowest BCUT2D eigenvalue weighted by molar-refractivity contribution is 0.0559. The molecule has 0 bridgehead atoms. The van der Waals surface area contributed by atoms with Crippen molar-refractivity contribution < 1.29 is 14.2 Å². The molecular formula is C22H24N2O3. The van der Waals surface area contributed by atoms with Crippen LogP contribution in [0, 0.1) is 13.8 Å². The van der Waals surface area contributed by atoms with Crippen molar-refractivity contribution in [3.8, 4) is 5.75 Å². The van der Waals surface area contributed by atoms with Gasteiger partial charge in [-0.2, -0.15) is 0 Å². The molecule has 0 saturated heterocycles. The highest BCUT2D eigenvalue weighted by atomic mass is 16.7. The van der Waals surface area contributed by atoms with Crippen molar-refractivity contribution in [2.45, 2.75) is 39.8 Å². The number of hydrogen-bond acceptors (Lipinski definition) is 4. The van der Waals surface area contributed by atoms with E-state index in [0.29, 0.717) is 12.2 Å². The molecule has 1 aliphatic rings. The molecule has 1 aliphatic heterocycles. The van der Waals surface area contributed by atoms with Gasteiger partial charge in [-0.15, -0.1) is 0 Å². The summed E-state index contributed by atoms with van der Waals surface area (Å²) in [4.78, 5) is 4.59. The first kappa shape index (κ1) is 17.5. The molecule has 1 aromatic carbocycles. The Kier molecular flexibility index (Phi) is 4.75. The second kappa shape index (κ2) is 7.35. The van der Waals surface area contributed by atoms with Crippen LogP contribution in [0.25, 0.3) is 11.0 Å². The number of ether oxygens (including phenoxy) is 3. The average Bonchev–Trinajstić information content (AvgIpc) is 3.31. The van der Waals surface area contributed by atoms with Crippen molar-refractivity contribution in [2.24, 2.45) is 0 Å². The third kappa shape index (κ3) is 3.25. The molecule has 0 N–H and O–H groups in total. The first-order valence-electron chi connectivity index (χ1n) is 9.28. The van der Waals surface area contributed by atoms with Crippen LogP contribution in [0.2, 0.25) is 0 Å². The fourth-order valence-corrected chi connectivity index (χ4v) is 3.61. The molecule has 0 spiro atoms. The Labute approximate surface area is 159 Å². The summed E-state index contributed by atoms with van der Waals surface area (Å²) >= 11 is 0. The van der Waals surface area contributed by atoms with E-state index in [-0.39, 0.29) is 12.9 Å². The van der Waals surface area contributed by atoms with Gasteiger partial charge in [0.15, 0.2) is 11.9 Å². The minimum atomic E-state index is -0.263. The van der Waals surface area contributed by atoms with E-state index in [1.165, 1.54) is 16.8 Å². The van der Waals surface area contributed by atoms with Crippen molar-refractivity contribution in [3.05, 3.63) is 71.4 Å². The summed E-state index contributed by atoms with van der Waals surface area (Å²) in [7, 11) is 0. The van der Waals surface area contributed by atoms with Gasteiger partial charge in [0.1, 0.15) is 17.5 Å². The zero-order valence-electron chi connectivity index (χ0n) is 15.9. The monoisotopic (exact) mass is 364 g/mol. The fraction of sp³-hybridized carbons (Fsp3) is 0.318. The van der Waals surface area contributed by atoms with Gasteiger partial charge in [0.05, 0.1) is 5.52 Å². The average molecular weight is 364 g/mol. The zero-order chi connectivity index (χ0) is 18.8. The molecule has 1 atom stereocenters. The van der Waals surface area contributed by atoms with Gasteiger partial charge < -0.3 is 18.8 Å². The van der Waals surface area contributed by atoms with Gasteiger partial charge >= 0.3 is 0 Å². The molecule has 0 amide bonds. The highest BCUT2D eigenvalue weighted by Crippen LogP contribution is 2.33. The zero-order valence-corrected chi connectivity index (χ0v) is 15.9. The van der Waals surface area contributed by atoms with Gasteiger partial charge in [0.2, 0.25) is 6.79 Å². The Morgan fingerprint density at radius 2 is 2.00 bits per heavy atom. The predicted octanol–water partition coefficient (Wildman–Crippen LogP) is 4.51. The Morgan fingerprint density at radius 3 is 2.70 bits per heavy atom. The molecule has 27 heavy (non-hydrogen) atoms. The first-order chi connectivity index (χ1) is 13.2. The molecular weight excluding hydrogens is 340 g/mol. The summed E-state index contributed by atoms with van der Waals surface area (Å²) in [5.74, 6) is 1.53. The molecule has 0 aliphatic carbocycles. The molecule has 1 unspecified atom stereocenters. The van der Waals surface area contributed by atoms with Gasteiger partial charge in [0, 0.05) is 30.9 Å². The van der Waals surface area contributed by atoms with Gasteiger partial charge in [-0.05, 0) is 31.9 Å². The van der Waals surface area contributed by atoms with E-state index in [0.717, 1.165) is 23.3 Å². The molecule has 0 radical (unpaired) electrons. The van der Waals surface area contributed by atoms with E-state index >= 15 is 0 Å². The molecule has 0 fully saturated rings. The SMILES string of the molecule is CCn1c(C)c(C)c2nccc(OC(Cc3ccccc3)C3=COCO3)c21. The first-order valence-corrected chi connectivity index (χ1v) is 9.28. The van der Waals surface area contributed by atoms with Crippen LogP contribution in [0.4, 0.5) is 0 Å². The molecule has 3 heterocycles. The van der Waals surface area contributed by atoms with Crippen molar-refractivity contribution in [1.29, 1.82) is 0 Å². The van der Waals surface area contributed by atoms with E-state index in [1.54, 1.807) is 6.26 Å². The second-order valence-corrected chi connectivity index (χ2v) is 6.71. The lowest BCUT2D eigenvalue weighted by Crippen LogP contribution is -2.23. The molecule has 5 nitrogen and oxygen atoms in total. The van der Waals surface area contributed by atoms with Crippen molar-refractivity contribution >= 4 is 11.0 Å². The summed E-state index contributed by atoms with van der Waals surface area (Å²) < 4.78 is 19.7. The van der Waals surface area contributed by atoms with Crippen LogP contribution < -0.4 is 4.74 Å². The largest absolute Gasteiger partial charge is 0.480 e. The summed E-state index contributed by atoms with van der Waals surface area (Å²) in [5.41, 5.74) is 5.62. The van der Waals surface area contributed by atoms with Gasteiger partial charge in [0.25, 0.3) is 0 Å². The molecule has 140 valence electrons. The van der Waals surface area contributed by atoms with Crippen molar-refractivity contribution in [1.82, 2.24) is 9.55 Å². The van der Waals surface area contributed by atoms with Crippen LogP contribution in [-0.2, 0) is 22.4 Å². The number of aryl methyl sites for hydroxylation is 2. The molecule has 3 aromatic rings. The number of aromatic nitrogens is 2. The van der Waals surface area contributed by atoms with Gasteiger partial charge in [-0.3, -0.25) is 4.98 Å². The summed E-state index contributed by atoms with van der Waals surface area (Å²) in [5, 5.41) is 0. The molecule has 0 saturated carbocycles. The highest BCUT2D eigenvalue weighted by molar-refractivity contribution is 5.86. The van der Waals surface area contributed by atoms with E-state index in [4.69, 9.17) is 14.2 Å². The number of benzene rings is 1. The smallest absolute Gasteiger partial charge is 0.230 e. The Bertz CT molecular complexity index is 976. The Hall–Kier alpha value is -2.95. The number of nitrogens with zero attached hydrogens (tertiary/aromatic N) is 2. The summed E-state index contributed by atoms with van der Waals surface area (Å²) in [6.07, 6.45) is 3.90. The van der Waals surface area contributed by atoms with Gasteiger partial charge in [-0.25, -0.2) is 0 Å². The third-order valence-electron chi connectivity index (χ3n) is 5.12. The summed E-state index contributed by atoms with van der Waals surface area (Å²) in [6, 6.07) is 12.2. The number of rotatable bonds is 6. The number of fused-ring (bicyclic) bond motifs is 1. The maximum Gasteiger partial charge on any atom is 0.230 e. The van der Waals surface area contributed by atoms with E-state index < -0.39 is 0 Å². The van der Waals surface area contributed by atoms with Crippen LogP contribution >= 0.6 is 0 Å². The van der Waals surface area contributed by atoms with E-state index in [1.807, 2.05) is 30.5 Å². The quantitative estimate of drug-likeness (QED) is 0.646. The predicted molar refractivity (Wildman–Crippen MR) is 105 cm³/mol. The standard InChI is InChI=1S/C22H24N2O3/c1-4-24-16(3)15(2)21-22(24)18(10-11-23-21)27-19(20-13-25-14-26-20)12-17-8-6-5-7-9-17/h5-11,13,19H,4,12,14H2,1-3H3. The van der Waals surface area contributed by atoms with Crippen LogP contribution in [-0.4, -0.2) is 22.4 Å². The minimum Gasteiger partial charge on any atom is -0.480 e. The number of hydrogen-bond donors (Lipinski definition) is 0. The second-order valence-electron chi connectivity index (χ2n) is 6.71. The molecule has 2 aromatic heterocycles. The van der Waals surface area contributed by atoms with E-state index in [9.17, 15) is 0 Å². The van der Waals surface area contributed by atoms with Crippen LogP contribution in [0.1, 0.15) is 23.7 Å². The lowest BCUT2D eigenvalue weighted by Gasteiger charge is -2.20. The Morgan fingerprint density at radius 1 is 1.19 bits per heavy atom. The van der Waals surface area contributed by atoms with Crippen LogP contribution in [0.3, 0.4) is 0 Å². The molecule has 5 heteroatoms. The topological polar surface area (TPSA) is 45.5 Å². The number of pyridine rings is 1. The van der Waals surface area contributed by atoms with Crippen LogP contribution in [0.15, 0.2) is 54.6 Å². The fourth-order valence-electron chi connectivity index (χ4n) is 3.61. The highest BCUT2D eigenvalue weighted by Gasteiger charge is 2.25. The van der Waals surface area contributed by atoms with Gasteiger partial charge in [-0.1, -0.05) is 30.3 Å². The normalized spacial score (nSPS) is 14.6. The Balaban J connectivity index is 1.74.